The van der Waals surface area contributed by atoms with Crippen molar-refractivity contribution in [2.24, 2.45) is 0 Å². The van der Waals surface area contributed by atoms with Gasteiger partial charge in [0.25, 0.3) is 0 Å². The van der Waals surface area contributed by atoms with Crippen LogP contribution in [0.4, 0.5) is 4.39 Å². The molecule has 4 heteroatoms. The van der Waals surface area contributed by atoms with Crippen molar-refractivity contribution in [1.82, 2.24) is 0 Å². The van der Waals surface area contributed by atoms with Crippen LogP contribution in [0, 0.1) is 5.82 Å². The summed E-state index contributed by atoms with van der Waals surface area (Å²) in [6.45, 7) is 0.421. The normalized spacial score (nSPS) is 12.2. The zero-order chi connectivity index (χ0) is 14.4. The van der Waals surface area contributed by atoms with Crippen LogP contribution in [0.3, 0.4) is 0 Å². The van der Waals surface area contributed by atoms with Gasteiger partial charge in [0, 0.05) is 11.4 Å². The summed E-state index contributed by atoms with van der Waals surface area (Å²) in [7, 11) is 0. The molecule has 1 atom stereocenters. The van der Waals surface area contributed by atoms with Gasteiger partial charge < -0.3 is 9.84 Å². The van der Waals surface area contributed by atoms with Crippen LogP contribution >= 0.6 is 11.6 Å². The third-order valence-corrected chi connectivity index (χ3v) is 3.29. The van der Waals surface area contributed by atoms with Gasteiger partial charge in [-0.15, -0.1) is 0 Å². The second-order valence-electron chi connectivity index (χ2n) is 4.54. The van der Waals surface area contributed by atoms with Crippen LogP contribution in [0.25, 0.3) is 0 Å². The molecule has 2 rings (SSSR count). The van der Waals surface area contributed by atoms with Crippen LogP contribution in [-0.2, 0) is 6.42 Å². The maximum absolute atomic E-state index is 12.9. The van der Waals surface area contributed by atoms with Crippen molar-refractivity contribution in [1.29, 1.82) is 0 Å². The summed E-state index contributed by atoms with van der Waals surface area (Å²) in [4.78, 5) is 0. The number of para-hydroxylation sites is 1. The molecular formula is C16H16ClFO2. The average molecular weight is 295 g/mol. The van der Waals surface area contributed by atoms with E-state index in [-0.39, 0.29) is 5.82 Å². The molecule has 0 heterocycles. The molecule has 0 aliphatic heterocycles. The van der Waals surface area contributed by atoms with Crippen molar-refractivity contribution >= 4 is 11.6 Å². The fraction of sp³-hybridized carbons (Fsp3) is 0.250. The van der Waals surface area contributed by atoms with Crippen LogP contribution < -0.4 is 4.74 Å². The maximum atomic E-state index is 12.9. The SMILES string of the molecule is OC(CCOc1ccccc1)Cc1ccc(F)cc1Cl. The summed E-state index contributed by atoms with van der Waals surface area (Å²) in [6, 6.07) is 13.6. The topological polar surface area (TPSA) is 29.5 Å². The fourth-order valence-electron chi connectivity index (χ4n) is 1.87. The van der Waals surface area contributed by atoms with Gasteiger partial charge in [0.2, 0.25) is 0 Å². The molecule has 1 unspecified atom stereocenters. The Labute approximate surface area is 122 Å². The number of ether oxygens (including phenoxy) is 1. The van der Waals surface area contributed by atoms with Crippen LogP contribution in [0.1, 0.15) is 12.0 Å². The summed E-state index contributed by atoms with van der Waals surface area (Å²) in [6.07, 6.45) is 0.307. The van der Waals surface area contributed by atoms with Gasteiger partial charge >= 0.3 is 0 Å². The number of hydrogen-bond acceptors (Lipinski definition) is 2. The Kier molecular flexibility index (Phi) is 5.39. The Morgan fingerprint density at radius 1 is 1.15 bits per heavy atom. The van der Waals surface area contributed by atoms with Crippen molar-refractivity contribution in [3.8, 4) is 5.75 Å². The minimum atomic E-state index is -0.568. The van der Waals surface area contributed by atoms with Gasteiger partial charge in [0.15, 0.2) is 0 Å². The van der Waals surface area contributed by atoms with Crippen LogP contribution in [-0.4, -0.2) is 17.8 Å². The lowest BCUT2D eigenvalue weighted by Gasteiger charge is -2.12. The van der Waals surface area contributed by atoms with Crippen molar-refractivity contribution < 1.29 is 14.2 Å². The van der Waals surface area contributed by atoms with Gasteiger partial charge in [-0.3, -0.25) is 0 Å². The van der Waals surface area contributed by atoms with Crippen molar-refractivity contribution in [3.05, 3.63) is 64.9 Å². The number of aliphatic hydroxyl groups is 1. The summed E-state index contributed by atoms with van der Waals surface area (Å²) >= 11 is 5.92. The van der Waals surface area contributed by atoms with E-state index in [1.165, 1.54) is 12.1 Å². The summed E-state index contributed by atoms with van der Waals surface area (Å²) in [5.74, 6) is 0.403. The fourth-order valence-corrected chi connectivity index (χ4v) is 2.12. The number of hydrogen-bond donors (Lipinski definition) is 1. The van der Waals surface area contributed by atoms with E-state index in [9.17, 15) is 9.50 Å². The van der Waals surface area contributed by atoms with Gasteiger partial charge in [-0.25, -0.2) is 4.39 Å². The molecule has 0 aromatic heterocycles. The minimum Gasteiger partial charge on any atom is -0.493 e. The zero-order valence-corrected chi connectivity index (χ0v) is 11.7. The first kappa shape index (κ1) is 14.8. The van der Waals surface area contributed by atoms with Gasteiger partial charge in [-0.2, -0.15) is 0 Å². The third-order valence-electron chi connectivity index (χ3n) is 2.93. The Morgan fingerprint density at radius 2 is 1.90 bits per heavy atom. The predicted molar refractivity (Wildman–Crippen MR) is 77.7 cm³/mol. The van der Waals surface area contributed by atoms with Crippen LogP contribution in [0.2, 0.25) is 5.02 Å². The lowest BCUT2D eigenvalue weighted by Crippen LogP contribution is -2.15. The molecule has 0 radical (unpaired) electrons. The number of halogens is 2. The molecule has 0 bridgehead atoms. The van der Waals surface area contributed by atoms with Crippen LogP contribution in [0.5, 0.6) is 5.75 Å². The van der Waals surface area contributed by atoms with E-state index in [1.54, 1.807) is 6.07 Å². The molecular weight excluding hydrogens is 279 g/mol. The molecule has 2 aromatic carbocycles. The Balaban J connectivity index is 1.79. The second-order valence-corrected chi connectivity index (χ2v) is 4.95. The number of benzene rings is 2. The number of aliphatic hydroxyl groups excluding tert-OH is 1. The highest BCUT2D eigenvalue weighted by molar-refractivity contribution is 6.31. The standard InChI is InChI=1S/C16H16ClFO2/c17-16-11-13(18)7-6-12(16)10-14(19)8-9-20-15-4-2-1-3-5-15/h1-7,11,14,19H,8-10H2. The molecule has 0 aliphatic carbocycles. The van der Waals surface area contributed by atoms with E-state index in [0.29, 0.717) is 24.5 Å². The smallest absolute Gasteiger partial charge is 0.124 e. The first-order valence-corrected chi connectivity index (χ1v) is 6.83. The molecule has 0 spiro atoms. The zero-order valence-electron chi connectivity index (χ0n) is 10.9. The van der Waals surface area contributed by atoms with Gasteiger partial charge in [0.05, 0.1) is 12.7 Å². The third kappa shape index (κ3) is 4.51. The van der Waals surface area contributed by atoms with E-state index >= 15 is 0 Å². The van der Waals surface area contributed by atoms with Crippen molar-refractivity contribution in [2.75, 3.05) is 6.61 Å². The van der Waals surface area contributed by atoms with E-state index in [1.807, 2.05) is 30.3 Å². The molecule has 20 heavy (non-hydrogen) atoms. The van der Waals surface area contributed by atoms with E-state index in [4.69, 9.17) is 16.3 Å². The summed E-state index contributed by atoms with van der Waals surface area (Å²) in [5.41, 5.74) is 0.736. The monoisotopic (exact) mass is 294 g/mol. The molecule has 2 nitrogen and oxygen atoms in total. The van der Waals surface area contributed by atoms with Crippen molar-refractivity contribution in [3.63, 3.8) is 0 Å². The highest BCUT2D eigenvalue weighted by Gasteiger charge is 2.09. The number of rotatable bonds is 6. The first-order chi connectivity index (χ1) is 9.65. The first-order valence-electron chi connectivity index (χ1n) is 6.45. The molecule has 2 aromatic rings. The summed E-state index contributed by atoms with van der Waals surface area (Å²) < 4.78 is 18.4. The molecule has 0 amide bonds. The highest BCUT2D eigenvalue weighted by atomic mass is 35.5. The minimum absolute atomic E-state index is 0.341. The van der Waals surface area contributed by atoms with Gasteiger partial charge in [-0.05, 0) is 36.2 Å². The maximum Gasteiger partial charge on any atom is 0.124 e. The van der Waals surface area contributed by atoms with E-state index < -0.39 is 6.10 Å². The molecule has 0 saturated heterocycles. The molecule has 106 valence electrons. The van der Waals surface area contributed by atoms with E-state index in [2.05, 4.69) is 0 Å². The quantitative estimate of drug-likeness (QED) is 0.877. The van der Waals surface area contributed by atoms with E-state index in [0.717, 1.165) is 11.3 Å². The molecule has 1 N–H and O–H groups in total. The van der Waals surface area contributed by atoms with Gasteiger partial charge in [-0.1, -0.05) is 35.9 Å². The molecule has 0 saturated carbocycles. The van der Waals surface area contributed by atoms with Gasteiger partial charge in [0.1, 0.15) is 11.6 Å². The summed E-state index contributed by atoms with van der Waals surface area (Å²) in [5, 5.41) is 10.3. The Hall–Kier alpha value is -1.58. The lowest BCUT2D eigenvalue weighted by molar-refractivity contribution is 0.139. The largest absolute Gasteiger partial charge is 0.493 e. The average Bonchev–Trinajstić information content (AvgIpc) is 2.43. The second kappa shape index (κ2) is 7.27. The predicted octanol–water partition coefficient (Wildman–Crippen LogP) is 3.85. The Morgan fingerprint density at radius 3 is 2.60 bits per heavy atom. The molecule has 0 fully saturated rings. The van der Waals surface area contributed by atoms with Crippen molar-refractivity contribution in [2.45, 2.75) is 18.9 Å². The highest BCUT2D eigenvalue weighted by Crippen LogP contribution is 2.19. The Bertz CT molecular complexity index is 545. The molecule has 0 aliphatic rings. The lowest BCUT2D eigenvalue weighted by atomic mass is 10.1. The van der Waals surface area contributed by atoms with Crippen LogP contribution in [0.15, 0.2) is 48.5 Å².